The van der Waals surface area contributed by atoms with E-state index in [1.807, 2.05) is 12.1 Å². The van der Waals surface area contributed by atoms with Crippen molar-refractivity contribution in [2.75, 3.05) is 13.7 Å². The molecule has 100 valence electrons. The van der Waals surface area contributed by atoms with Gasteiger partial charge in [-0.05, 0) is 23.8 Å². The highest BCUT2D eigenvalue weighted by atomic mass is 35.5. The molecule has 1 aromatic carbocycles. The molecule has 0 aliphatic rings. The fourth-order valence-corrected chi connectivity index (χ4v) is 1.84. The molecule has 19 heavy (non-hydrogen) atoms. The van der Waals surface area contributed by atoms with Gasteiger partial charge in [0.05, 0.1) is 24.5 Å². The summed E-state index contributed by atoms with van der Waals surface area (Å²) < 4.78 is 10.0. The molecule has 0 radical (unpaired) electrons. The molecule has 0 fully saturated rings. The first kappa shape index (κ1) is 13.6. The number of rotatable bonds is 5. The van der Waals surface area contributed by atoms with Crippen LogP contribution in [0.4, 0.5) is 0 Å². The second-order valence-electron chi connectivity index (χ2n) is 4.04. The van der Waals surface area contributed by atoms with Crippen LogP contribution in [0.25, 0.3) is 0 Å². The molecule has 2 rings (SSSR count). The highest BCUT2D eigenvalue weighted by molar-refractivity contribution is 6.30. The number of nitrogens with one attached hydrogen (secondary N) is 1. The number of benzene rings is 1. The topological polar surface area (TPSA) is 51.5 Å². The number of methoxy groups -OCH3 is 1. The van der Waals surface area contributed by atoms with Crippen LogP contribution < -0.4 is 5.32 Å². The molecule has 2 aromatic rings. The van der Waals surface area contributed by atoms with Crippen molar-refractivity contribution in [2.45, 2.75) is 6.04 Å². The third kappa shape index (κ3) is 3.59. The third-order valence-corrected chi connectivity index (χ3v) is 2.95. The molecule has 0 aliphatic heterocycles. The van der Waals surface area contributed by atoms with Crippen LogP contribution >= 0.6 is 11.6 Å². The Labute approximate surface area is 116 Å². The van der Waals surface area contributed by atoms with Gasteiger partial charge in [-0.25, -0.2) is 0 Å². The lowest BCUT2D eigenvalue weighted by Gasteiger charge is -2.18. The van der Waals surface area contributed by atoms with Gasteiger partial charge >= 0.3 is 0 Å². The van der Waals surface area contributed by atoms with Gasteiger partial charge in [0.25, 0.3) is 5.91 Å². The number of ether oxygens (including phenoxy) is 1. The van der Waals surface area contributed by atoms with Crippen molar-refractivity contribution in [1.29, 1.82) is 0 Å². The predicted octanol–water partition coefficient (Wildman–Crippen LogP) is 3.05. The van der Waals surface area contributed by atoms with Crippen molar-refractivity contribution in [1.82, 2.24) is 5.32 Å². The summed E-state index contributed by atoms with van der Waals surface area (Å²) in [6.07, 6.45) is 2.86. The molecule has 1 aromatic heterocycles. The van der Waals surface area contributed by atoms with E-state index >= 15 is 0 Å². The summed E-state index contributed by atoms with van der Waals surface area (Å²) in [6, 6.07) is 8.67. The smallest absolute Gasteiger partial charge is 0.255 e. The lowest BCUT2D eigenvalue weighted by atomic mass is 10.1. The Balaban J connectivity index is 2.12. The Bertz CT molecular complexity index is 522. The molecule has 5 heteroatoms. The number of carbonyl (C=O) groups excluding carboxylic acids is 1. The number of hydrogen-bond acceptors (Lipinski definition) is 3. The Morgan fingerprint density at radius 3 is 2.68 bits per heavy atom. The van der Waals surface area contributed by atoms with Crippen LogP contribution in [0.1, 0.15) is 22.0 Å². The van der Waals surface area contributed by atoms with E-state index in [0.29, 0.717) is 17.2 Å². The number of hydrogen-bond donors (Lipinski definition) is 1. The summed E-state index contributed by atoms with van der Waals surface area (Å²) in [6.45, 7) is 0.380. The van der Waals surface area contributed by atoms with Gasteiger partial charge in [-0.1, -0.05) is 23.7 Å². The average Bonchev–Trinajstić information content (AvgIpc) is 2.93. The second kappa shape index (κ2) is 6.41. The van der Waals surface area contributed by atoms with E-state index in [9.17, 15) is 4.79 Å². The van der Waals surface area contributed by atoms with Gasteiger partial charge in [-0.3, -0.25) is 4.79 Å². The fourth-order valence-electron chi connectivity index (χ4n) is 1.72. The van der Waals surface area contributed by atoms with Crippen LogP contribution in [-0.2, 0) is 4.74 Å². The van der Waals surface area contributed by atoms with E-state index in [4.69, 9.17) is 20.8 Å². The van der Waals surface area contributed by atoms with Gasteiger partial charge in [0.2, 0.25) is 0 Å². The summed E-state index contributed by atoms with van der Waals surface area (Å²) in [5.74, 6) is -0.203. The lowest BCUT2D eigenvalue weighted by molar-refractivity contribution is 0.0896. The summed E-state index contributed by atoms with van der Waals surface area (Å²) in [7, 11) is 1.59. The molecule has 0 aliphatic carbocycles. The SMILES string of the molecule is COCC(NC(=O)c1ccoc1)c1ccc(Cl)cc1. The van der Waals surface area contributed by atoms with Crippen LogP contribution in [0.5, 0.6) is 0 Å². The monoisotopic (exact) mass is 279 g/mol. The lowest BCUT2D eigenvalue weighted by Crippen LogP contribution is -2.31. The standard InChI is InChI=1S/C14H14ClNO3/c1-18-9-13(10-2-4-12(15)5-3-10)16-14(17)11-6-7-19-8-11/h2-8,13H,9H2,1H3,(H,16,17). The quantitative estimate of drug-likeness (QED) is 0.915. The Hall–Kier alpha value is -1.78. The second-order valence-corrected chi connectivity index (χ2v) is 4.48. The molecule has 0 saturated heterocycles. The van der Waals surface area contributed by atoms with Gasteiger partial charge in [0.1, 0.15) is 6.26 Å². The minimum absolute atomic E-state index is 0.203. The molecular weight excluding hydrogens is 266 g/mol. The highest BCUT2D eigenvalue weighted by Crippen LogP contribution is 2.17. The van der Waals surface area contributed by atoms with Gasteiger partial charge in [0.15, 0.2) is 0 Å². The van der Waals surface area contributed by atoms with Crippen molar-refractivity contribution in [3.05, 3.63) is 59.0 Å². The molecule has 1 amide bonds. The van der Waals surface area contributed by atoms with Crippen LogP contribution in [0.15, 0.2) is 47.3 Å². The number of furan rings is 1. The molecule has 0 spiro atoms. The largest absolute Gasteiger partial charge is 0.472 e. The van der Waals surface area contributed by atoms with Crippen LogP contribution in [0.2, 0.25) is 5.02 Å². The zero-order chi connectivity index (χ0) is 13.7. The fraction of sp³-hybridized carbons (Fsp3) is 0.214. The molecule has 1 heterocycles. The molecule has 0 bridgehead atoms. The zero-order valence-electron chi connectivity index (χ0n) is 10.4. The molecule has 1 N–H and O–H groups in total. The van der Waals surface area contributed by atoms with Gasteiger partial charge < -0.3 is 14.5 Å². The first-order chi connectivity index (χ1) is 9.20. The first-order valence-corrected chi connectivity index (χ1v) is 6.16. The van der Waals surface area contributed by atoms with Gasteiger partial charge in [-0.2, -0.15) is 0 Å². The van der Waals surface area contributed by atoms with Crippen molar-refractivity contribution < 1.29 is 13.9 Å². The summed E-state index contributed by atoms with van der Waals surface area (Å²) in [4.78, 5) is 12.0. The van der Waals surface area contributed by atoms with Crippen LogP contribution in [-0.4, -0.2) is 19.6 Å². The van der Waals surface area contributed by atoms with Crippen molar-refractivity contribution in [2.24, 2.45) is 0 Å². The van der Waals surface area contributed by atoms with Crippen LogP contribution in [0, 0.1) is 0 Å². The minimum Gasteiger partial charge on any atom is -0.472 e. The minimum atomic E-state index is -0.232. The van der Waals surface area contributed by atoms with E-state index in [1.165, 1.54) is 12.5 Å². The van der Waals surface area contributed by atoms with Crippen molar-refractivity contribution in [3.8, 4) is 0 Å². The first-order valence-electron chi connectivity index (χ1n) is 5.78. The maximum Gasteiger partial charge on any atom is 0.255 e. The van der Waals surface area contributed by atoms with E-state index in [0.717, 1.165) is 5.56 Å². The normalized spacial score (nSPS) is 12.1. The molecule has 1 unspecified atom stereocenters. The van der Waals surface area contributed by atoms with Gasteiger partial charge in [-0.15, -0.1) is 0 Å². The van der Waals surface area contributed by atoms with Crippen molar-refractivity contribution >= 4 is 17.5 Å². The van der Waals surface area contributed by atoms with E-state index in [-0.39, 0.29) is 11.9 Å². The third-order valence-electron chi connectivity index (χ3n) is 2.69. The van der Waals surface area contributed by atoms with E-state index in [2.05, 4.69) is 5.32 Å². The number of halogens is 1. The zero-order valence-corrected chi connectivity index (χ0v) is 11.2. The Morgan fingerprint density at radius 1 is 1.37 bits per heavy atom. The van der Waals surface area contributed by atoms with Gasteiger partial charge in [0, 0.05) is 12.1 Å². The number of carbonyl (C=O) groups is 1. The van der Waals surface area contributed by atoms with E-state index in [1.54, 1.807) is 25.3 Å². The van der Waals surface area contributed by atoms with Crippen LogP contribution in [0.3, 0.4) is 0 Å². The van der Waals surface area contributed by atoms with E-state index < -0.39 is 0 Å². The summed E-state index contributed by atoms with van der Waals surface area (Å²) in [5.41, 5.74) is 1.41. The summed E-state index contributed by atoms with van der Waals surface area (Å²) in [5, 5.41) is 3.54. The Kier molecular flexibility index (Phi) is 4.60. The molecule has 4 nitrogen and oxygen atoms in total. The predicted molar refractivity (Wildman–Crippen MR) is 72.2 cm³/mol. The summed E-state index contributed by atoms with van der Waals surface area (Å²) >= 11 is 5.85. The number of amides is 1. The molecular formula is C14H14ClNO3. The highest BCUT2D eigenvalue weighted by Gasteiger charge is 2.16. The average molecular weight is 280 g/mol. The maximum absolute atomic E-state index is 12.0. The molecule has 0 saturated carbocycles. The van der Waals surface area contributed by atoms with Crippen molar-refractivity contribution in [3.63, 3.8) is 0 Å². The maximum atomic E-state index is 12.0. The molecule has 1 atom stereocenters. The Morgan fingerprint density at radius 2 is 2.11 bits per heavy atom.